The smallest absolute Gasteiger partial charge is 0.392 e. The van der Waals surface area contributed by atoms with Crippen LogP contribution in [0.4, 0.5) is 13.2 Å². The first kappa shape index (κ1) is 16.6. The number of hydrogen-bond acceptors (Lipinski definition) is 3. The van der Waals surface area contributed by atoms with Crippen LogP contribution in [0, 0.1) is 0 Å². The number of rotatable bonds is 7. The predicted octanol–water partition coefficient (Wildman–Crippen LogP) is 3.31. The van der Waals surface area contributed by atoms with Crippen molar-refractivity contribution in [2.75, 3.05) is 13.7 Å². The highest BCUT2D eigenvalue weighted by molar-refractivity contribution is 5.41. The topological polar surface area (TPSA) is 44.5 Å². The SMILES string of the molecule is CCC(N)Cc1ccc(OC)cc1OCCC(F)(F)F. The minimum Gasteiger partial charge on any atom is -0.497 e. The van der Waals surface area contributed by atoms with Gasteiger partial charge in [0.25, 0.3) is 0 Å². The molecule has 2 N–H and O–H groups in total. The fraction of sp³-hybridized carbons (Fsp3) is 0.571. The summed E-state index contributed by atoms with van der Waals surface area (Å²) in [5, 5.41) is 0. The van der Waals surface area contributed by atoms with E-state index in [9.17, 15) is 13.2 Å². The zero-order valence-electron chi connectivity index (χ0n) is 11.7. The number of hydrogen-bond donors (Lipinski definition) is 1. The van der Waals surface area contributed by atoms with E-state index < -0.39 is 19.2 Å². The van der Waals surface area contributed by atoms with Crippen molar-refractivity contribution in [3.8, 4) is 11.5 Å². The Morgan fingerprint density at radius 2 is 2.00 bits per heavy atom. The Labute approximate surface area is 116 Å². The summed E-state index contributed by atoms with van der Waals surface area (Å²) < 4.78 is 46.7. The van der Waals surface area contributed by atoms with Crippen LogP contribution in [0.25, 0.3) is 0 Å². The molecule has 1 aromatic carbocycles. The van der Waals surface area contributed by atoms with Gasteiger partial charge in [0.2, 0.25) is 0 Å². The maximum atomic E-state index is 12.1. The molecule has 20 heavy (non-hydrogen) atoms. The quantitative estimate of drug-likeness (QED) is 0.838. The highest BCUT2D eigenvalue weighted by atomic mass is 19.4. The van der Waals surface area contributed by atoms with E-state index in [0.29, 0.717) is 17.9 Å². The number of methoxy groups -OCH3 is 1. The maximum absolute atomic E-state index is 12.1. The van der Waals surface area contributed by atoms with Gasteiger partial charge in [0, 0.05) is 12.1 Å². The molecule has 0 amide bonds. The van der Waals surface area contributed by atoms with Crippen molar-refractivity contribution in [2.45, 2.75) is 38.4 Å². The molecule has 1 unspecified atom stereocenters. The van der Waals surface area contributed by atoms with E-state index in [0.717, 1.165) is 12.0 Å². The molecule has 114 valence electrons. The van der Waals surface area contributed by atoms with Crippen LogP contribution in [0.5, 0.6) is 11.5 Å². The summed E-state index contributed by atoms with van der Waals surface area (Å²) in [5.74, 6) is 0.943. The number of alkyl halides is 3. The zero-order valence-corrected chi connectivity index (χ0v) is 11.7. The van der Waals surface area contributed by atoms with Gasteiger partial charge in [-0.25, -0.2) is 0 Å². The van der Waals surface area contributed by atoms with E-state index >= 15 is 0 Å². The molecule has 3 nitrogen and oxygen atoms in total. The molecule has 0 saturated heterocycles. The van der Waals surface area contributed by atoms with Crippen molar-refractivity contribution < 1.29 is 22.6 Å². The summed E-state index contributed by atoms with van der Waals surface area (Å²) in [4.78, 5) is 0. The van der Waals surface area contributed by atoms with Gasteiger partial charge in [-0.1, -0.05) is 13.0 Å². The van der Waals surface area contributed by atoms with Crippen LogP contribution in [0.15, 0.2) is 18.2 Å². The average molecular weight is 291 g/mol. The Morgan fingerprint density at radius 1 is 1.30 bits per heavy atom. The van der Waals surface area contributed by atoms with Gasteiger partial charge < -0.3 is 15.2 Å². The van der Waals surface area contributed by atoms with E-state index in [-0.39, 0.29) is 6.04 Å². The van der Waals surface area contributed by atoms with E-state index in [1.54, 1.807) is 18.2 Å². The first-order chi connectivity index (χ1) is 9.35. The lowest BCUT2D eigenvalue weighted by molar-refractivity contribution is -0.139. The van der Waals surface area contributed by atoms with E-state index in [4.69, 9.17) is 15.2 Å². The van der Waals surface area contributed by atoms with Crippen LogP contribution in [-0.2, 0) is 6.42 Å². The van der Waals surface area contributed by atoms with Gasteiger partial charge in [0.1, 0.15) is 11.5 Å². The molecule has 0 aromatic heterocycles. The minimum atomic E-state index is -4.22. The van der Waals surface area contributed by atoms with Crippen LogP contribution in [-0.4, -0.2) is 25.9 Å². The second kappa shape index (κ2) is 7.38. The lowest BCUT2D eigenvalue weighted by Crippen LogP contribution is -2.22. The molecule has 0 radical (unpaired) electrons. The molecule has 0 spiro atoms. The molecule has 0 saturated carbocycles. The Bertz CT molecular complexity index is 421. The summed E-state index contributed by atoms with van der Waals surface area (Å²) >= 11 is 0. The third-order valence-corrected chi connectivity index (χ3v) is 2.92. The number of nitrogens with two attached hydrogens (primary N) is 1. The highest BCUT2D eigenvalue weighted by Gasteiger charge is 2.27. The zero-order chi connectivity index (χ0) is 15.2. The summed E-state index contributed by atoms with van der Waals surface area (Å²) in [5.41, 5.74) is 6.67. The largest absolute Gasteiger partial charge is 0.497 e. The van der Waals surface area contributed by atoms with Gasteiger partial charge in [0.15, 0.2) is 0 Å². The fourth-order valence-corrected chi connectivity index (χ4v) is 1.67. The molecule has 0 aliphatic carbocycles. The third kappa shape index (κ3) is 5.69. The second-order valence-electron chi connectivity index (χ2n) is 4.56. The summed E-state index contributed by atoms with van der Waals surface area (Å²) in [6.45, 7) is 1.55. The van der Waals surface area contributed by atoms with Gasteiger partial charge in [-0.15, -0.1) is 0 Å². The molecular weight excluding hydrogens is 271 g/mol. The summed E-state index contributed by atoms with van der Waals surface area (Å²) in [6.07, 6.45) is -3.86. The minimum absolute atomic E-state index is 0.0478. The van der Waals surface area contributed by atoms with E-state index in [1.165, 1.54) is 7.11 Å². The van der Waals surface area contributed by atoms with Gasteiger partial charge in [-0.2, -0.15) is 13.2 Å². The Morgan fingerprint density at radius 3 is 2.55 bits per heavy atom. The van der Waals surface area contributed by atoms with Gasteiger partial charge in [-0.3, -0.25) is 0 Å². The van der Waals surface area contributed by atoms with Crippen LogP contribution < -0.4 is 15.2 Å². The molecule has 0 heterocycles. The number of benzene rings is 1. The van der Waals surface area contributed by atoms with E-state index in [2.05, 4.69) is 0 Å². The Hall–Kier alpha value is -1.43. The maximum Gasteiger partial charge on any atom is 0.392 e. The molecule has 6 heteroatoms. The van der Waals surface area contributed by atoms with Crippen molar-refractivity contribution in [3.63, 3.8) is 0 Å². The van der Waals surface area contributed by atoms with Crippen LogP contribution in [0.2, 0.25) is 0 Å². The Balaban J connectivity index is 2.78. The highest BCUT2D eigenvalue weighted by Crippen LogP contribution is 2.27. The fourth-order valence-electron chi connectivity index (χ4n) is 1.67. The molecular formula is C14H20F3NO2. The van der Waals surface area contributed by atoms with Crippen LogP contribution >= 0.6 is 0 Å². The van der Waals surface area contributed by atoms with E-state index in [1.807, 2.05) is 6.92 Å². The number of halogens is 3. The molecule has 1 aromatic rings. The van der Waals surface area contributed by atoms with Crippen molar-refractivity contribution in [1.29, 1.82) is 0 Å². The summed E-state index contributed by atoms with van der Waals surface area (Å²) in [6, 6.07) is 5.06. The summed E-state index contributed by atoms with van der Waals surface area (Å²) in [7, 11) is 1.49. The first-order valence-electron chi connectivity index (χ1n) is 6.47. The normalized spacial score (nSPS) is 13.1. The van der Waals surface area contributed by atoms with Crippen LogP contribution in [0.1, 0.15) is 25.3 Å². The lowest BCUT2D eigenvalue weighted by atomic mass is 10.0. The van der Waals surface area contributed by atoms with Crippen LogP contribution in [0.3, 0.4) is 0 Å². The molecule has 1 rings (SSSR count). The Kier molecular flexibility index (Phi) is 6.13. The molecule has 0 aliphatic rings. The predicted molar refractivity (Wildman–Crippen MR) is 71.1 cm³/mol. The third-order valence-electron chi connectivity index (χ3n) is 2.92. The van der Waals surface area contributed by atoms with Crippen molar-refractivity contribution >= 4 is 0 Å². The van der Waals surface area contributed by atoms with Gasteiger partial charge in [0.05, 0.1) is 20.1 Å². The molecule has 0 bridgehead atoms. The standard InChI is InChI=1S/C14H20F3NO2/c1-3-11(18)8-10-4-5-12(19-2)9-13(10)20-7-6-14(15,16)17/h4-5,9,11H,3,6-8,18H2,1-2H3. The molecule has 1 atom stereocenters. The van der Waals surface area contributed by atoms with Crippen molar-refractivity contribution in [3.05, 3.63) is 23.8 Å². The number of ether oxygens (including phenoxy) is 2. The average Bonchev–Trinajstić information content (AvgIpc) is 2.38. The molecule has 0 fully saturated rings. The van der Waals surface area contributed by atoms with Gasteiger partial charge >= 0.3 is 6.18 Å². The first-order valence-corrected chi connectivity index (χ1v) is 6.47. The molecule has 0 aliphatic heterocycles. The second-order valence-corrected chi connectivity index (χ2v) is 4.56. The van der Waals surface area contributed by atoms with Gasteiger partial charge in [-0.05, 0) is 24.5 Å². The lowest BCUT2D eigenvalue weighted by Gasteiger charge is -2.16. The van der Waals surface area contributed by atoms with Crippen molar-refractivity contribution in [2.24, 2.45) is 5.73 Å². The monoisotopic (exact) mass is 291 g/mol. The van der Waals surface area contributed by atoms with Crippen molar-refractivity contribution in [1.82, 2.24) is 0 Å².